The third-order valence-corrected chi connectivity index (χ3v) is 2.71. The van der Waals surface area contributed by atoms with Gasteiger partial charge in [-0.2, -0.15) is 0 Å². The van der Waals surface area contributed by atoms with Crippen LogP contribution < -0.4 is 5.32 Å². The van der Waals surface area contributed by atoms with Crippen molar-refractivity contribution in [3.8, 4) is 0 Å². The van der Waals surface area contributed by atoms with Crippen molar-refractivity contribution in [2.45, 2.75) is 6.92 Å². The van der Waals surface area contributed by atoms with Gasteiger partial charge in [-0.15, -0.1) is 0 Å². The lowest BCUT2D eigenvalue weighted by Crippen LogP contribution is -2.33. The molecule has 1 aromatic carbocycles. The molecular formula is C12H17ClN2O. The fourth-order valence-corrected chi connectivity index (χ4v) is 1.58. The predicted molar refractivity (Wildman–Crippen MR) is 67.1 cm³/mol. The van der Waals surface area contributed by atoms with E-state index in [1.54, 1.807) is 24.1 Å². The van der Waals surface area contributed by atoms with Crippen LogP contribution in [0.15, 0.2) is 18.2 Å². The number of nitrogens with zero attached hydrogens (tertiary/aromatic N) is 1. The van der Waals surface area contributed by atoms with Gasteiger partial charge in [0.1, 0.15) is 0 Å². The molecule has 0 heterocycles. The standard InChI is InChI=1S/C12H17ClN2O/c1-9-4-5-10(13)8-11(9)12(16)15(3)7-6-14-2/h4-5,8,14H,6-7H2,1-3H3. The van der Waals surface area contributed by atoms with Crippen LogP contribution in [0, 0.1) is 6.92 Å². The Kier molecular flexibility index (Phi) is 4.77. The third-order valence-electron chi connectivity index (χ3n) is 2.47. The van der Waals surface area contributed by atoms with E-state index in [1.165, 1.54) is 0 Å². The fourth-order valence-electron chi connectivity index (χ4n) is 1.41. The molecule has 0 saturated carbocycles. The first-order valence-electron chi connectivity index (χ1n) is 5.22. The van der Waals surface area contributed by atoms with Crippen LogP contribution in [0.4, 0.5) is 0 Å². The molecule has 0 aliphatic rings. The second-order valence-corrected chi connectivity index (χ2v) is 4.23. The van der Waals surface area contributed by atoms with Crippen LogP contribution in [-0.4, -0.2) is 38.0 Å². The number of hydrogen-bond donors (Lipinski definition) is 1. The first-order chi connectivity index (χ1) is 7.56. The van der Waals surface area contributed by atoms with E-state index in [1.807, 2.05) is 20.0 Å². The third kappa shape index (κ3) is 3.22. The monoisotopic (exact) mass is 240 g/mol. The summed E-state index contributed by atoms with van der Waals surface area (Å²) in [4.78, 5) is 13.8. The van der Waals surface area contributed by atoms with Crippen molar-refractivity contribution < 1.29 is 4.79 Å². The number of rotatable bonds is 4. The average Bonchev–Trinajstić information content (AvgIpc) is 2.28. The largest absolute Gasteiger partial charge is 0.340 e. The summed E-state index contributed by atoms with van der Waals surface area (Å²) in [5.41, 5.74) is 1.62. The molecule has 16 heavy (non-hydrogen) atoms. The molecule has 88 valence electrons. The summed E-state index contributed by atoms with van der Waals surface area (Å²) in [6.45, 7) is 3.37. The van der Waals surface area contributed by atoms with Gasteiger partial charge in [0.15, 0.2) is 0 Å². The maximum Gasteiger partial charge on any atom is 0.253 e. The van der Waals surface area contributed by atoms with Crippen molar-refractivity contribution in [1.82, 2.24) is 10.2 Å². The predicted octanol–water partition coefficient (Wildman–Crippen LogP) is 1.94. The minimum Gasteiger partial charge on any atom is -0.340 e. The number of carbonyl (C=O) groups excluding carboxylic acids is 1. The number of carbonyl (C=O) groups is 1. The first kappa shape index (κ1) is 13.0. The Morgan fingerprint density at radius 2 is 2.19 bits per heavy atom. The zero-order chi connectivity index (χ0) is 12.1. The highest BCUT2D eigenvalue weighted by atomic mass is 35.5. The average molecular weight is 241 g/mol. The molecule has 0 fully saturated rings. The van der Waals surface area contributed by atoms with E-state index in [0.29, 0.717) is 17.1 Å². The van der Waals surface area contributed by atoms with E-state index in [0.717, 1.165) is 12.1 Å². The van der Waals surface area contributed by atoms with Crippen LogP contribution in [0.3, 0.4) is 0 Å². The lowest BCUT2D eigenvalue weighted by Gasteiger charge is -2.18. The molecule has 0 aliphatic heterocycles. The Balaban J connectivity index is 2.83. The Bertz CT molecular complexity index is 379. The Hall–Kier alpha value is -1.06. The minimum absolute atomic E-state index is 0.00949. The number of amides is 1. The molecular weight excluding hydrogens is 224 g/mol. The first-order valence-corrected chi connectivity index (χ1v) is 5.60. The Labute approximate surface area is 101 Å². The van der Waals surface area contributed by atoms with E-state index < -0.39 is 0 Å². The van der Waals surface area contributed by atoms with Gasteiger partial charge in [0, 0.05) is 30.7 Å². The summed E-state index contributed by atoms with van der Waals surface area (Å²) < 4.78 is 0. The molecule has 1 aromatic rings. The van der Waals surface area contributed by atoms with Gasteiger partial charge < -0.3 is 10.2 Å². The summed E-state index contributed by atoms with van der Waals surface area (Å²) in [6.07, 6.45) is 0. The maximum absolute atomic E-state index is 12.1. The molecule has 1 amide bonds. The van der Waals surface area contributed by atoms with Crippen molar-refractivity contribution in [3.63, 3.8) is 0 Å². The van der Waals surface area contributed by atoms with Crippen LogP contribution in [0.2, 0.25) is 5.02 Å². The molecule has 0 aromatic heterocycles. The lowest BCUT2D eigenvalue weighted by atomic mass is 10.1. The normalized spacial score (nSPS) is 10.2. The topological polar surface area (TPSA) is 32.3 Å². The van der Waals surface area contributed by atoms with Gasteiger partial charge in [-0.3, -0.25) is 4.79 Å². The number of halogens is 1. The van der Waals surface area contributed by atoms with Crippen molar-refractivity contribution in [1.29, 1.82) is 0 Å². The fraction of sp³-hybridized carbons (Fsp3) is 0.417. The highest BCUT2D eigenvalue weighted by Crippen LogP contribution is 2.16. The van der Waals surface area contributed by atoms with Crippen LogP contribution >= 0.6 is 11.6 Å². The molecule has 0 spiro atoms. The van der Waals surface area contributed by atoms with Crippen LogP contribution in [-0.2, 0) is 0 Å². The second-order valence-electron chi connectivity index (χ2n) is 3.79. The van der Waals surface area contributed by atoms with Gasteiger partial charge in [-0.25, -0.2) is 0 Å². The molecule has 0 unspecified atom stereocenters. The van der Waals surface area contributed by atoms with E-state index >= 15 is 0 Å². The zero-order valence-electron chi connectivity index (χ0n) is 9.88. The van der Waals surface area contributed by atoms with Gasteiger partial charge >= 0.3 is 0 Å². The van der Waals surface area contributed by atoms with Gasteiger partial charge in [-0.05, 0) is 31.7 Å². The summed E-state index contributed by atoms with van der Waals surface area (Å²) in [5.74, 6) is 0.00949. The maximum atomic E-state index is 12.1. The van der Waals surface area contributed by atoms with Crippen molar-refractivity contribution >= 4 is 17.5 Å². The Morgan fingerprint density at radius 1 is 1.50 bits per heavy atom. The molecule has 0 saturated heterocycles. The Morgan fingerprint density at radius 3 is 2.81 bits per heavy atom. The van der Waals surface area contributed by atoms with Gasteiger partial charge in [0.05, 0.1) is 0 Å². The minimum atomic E-state index is 0.00949. The highest BCUT2D eigenvalue weighted by molar-refractivity contribution is 6.31. The van der Waals surface area contributed by atoms with Gasteiger partial charge in [0.25, 0.3) is 5.91 Å². The highest BCUT2D eigenvalue weighted by Gasteiger charge is 2.13. The number of aryl methyl sites for hydroxylation is 1. The number of likely N-dealkylation sites (N-methyl/N-ethyl adjacent to an activating group) is 2. The van der Waals surface area contributed by atoms with E-state index in [9.17, 15) is 4.79 Å². The van der Waals surface area contributed by atoms with Crippen LogP contribution in [0.1, 0.15) is 15.9 Å². The molecule has 1 N–H and O–H groups in total. The quantitative estimate of drug-likeness (QED) is 0.873. The van der Waals surface area contributed by atoms with Crippen LogP contribution in [0.5, 0.6) is 0 Å². The van der Waals surface area contributed by atoms with Crippen molar-refractivity contribution in [2.75, 3.05) is 27.2 Å². The lowest BCUT2D eigenvalue weighted by molar-refractivity contribution is 0.0796. The summed E-state index contributed by atoms with van der Waals surface area (Å²) in [5, 5.41) is 3.60. The molecule has 1 rings (SSSR count). The van der Waals surface area contributed by atoms with E-state index in [-0.39, 0.29) is 5.91 Å². The van der Waals surface area contributed by atoms with Crippen molar-refractivity contribution in [2.24, 2.45) is 0 Å². The second kappa shape index (κ2) is 5.87. The van der Waals surface area contributed by atoms with E-state index in [2.05, 4.69) is 5.32 Å². The summed E-state index contributed by atoms with van der Waals surface area (Å²) in [6, 6.07) is 5.37. The van der Waals surface area contributed by atoms with Crippen molar-refractivity contribution in [3.05, 3.63) is 34.3 Å². The SMILES string of the molecule is CNCCN(C)C(=O)c1cc(Cl)ccc1C. The number of hydrogen-bond acceptors (Lipinski definition) is 2. The summed E-state index contributed by atoms with van der Waals surface area (Å²) in [7, 11) is 3.66. The molecule has 3 nitrogen and oxygen atoms in total. The number of benzene rings is 1. The van der Waals surface area contributed by atoms with Gasteiger partial charge in [-0.1, -0.05) is 17.7 Å². The zero-order valence-corrected chi connectivity index (χ0v) is 10.6. The smallest absolute Gasteiger partial charge is 0.253 e. The molecule has 4 heteroatoms. The number of nitrogens with one attached hydrogen (secondary N) is 1. The van der Waals surface area contributed by atoms with Crippen LogP contribution in [0.25, 0.3) is 0 Å². The molecule has 0 atom stereocenters. The summed E-state index contributed by atoms with van der Waals surface area (Å²) >= 11 is 5.89. The molecule has 0 radical (unpaired) electrons. The molecule has 0 aliphatic carbocycles. The molecule has 0 bridgehead atoms. The van der Waals surface area contributed by atoms with Gasteiger partial charge in [0.2, 0.25) is 0 Å². The van der Waals surface area contributed by atoms with E-state index in [4.69, 9.17) is 11.6 Å².